The Hall–Kier alpha value is -0.200. The van der Waals surface area contributed by atoms with E-state index >= 15 is 0 Å². The molecule has 0 saturated carbocycles. The van der Waals surface area contributed by atoms with Gasteiger partial charge in [0, 0.05) is 32.9 Å². The summed E-state index contributed by atoms with van der Waals surface area (Å²) >= 11 is 0. The zero-order valence-electron chi connectivity index (χ0n) is 11.6. The Morgan fingerprint density at radius 1 is 1.50 bits per heavy atom. The van der Waals surface area contributed by atoms with Gasteiger partial charge in [0.2, 0.25) is 0 Å². The van der Waals surface area contributed by atoms with Crippen LogP contribution in [0.2, 0.25) is 0 Å². The largest absolute Gasteiger partial charge is 0.389 e. The molecule has 5 heteroatoms. The molecule has 18 heavy (non-hydrogen) atoms. The summed E-state index contributed by atoms with van der Waals surface area (Å²) in [5.74, 6) is 0. The molecule has 1 fully saturated rings. The minimum atomic E-state index is -0.462. The van der Waals surface area contributed by atoms with Crippen LogP contribution in [0.15, 0.2) is 0 Å². The monoisotopic (exact) mass is 261 g/mol. The summed E-state index contributed by atoms with van der Waals surface area (Å²) in [6.45, 7) is 5.17. The summed E-state index contributed by atoms with van der Waals surface area (Å²) in [5, 5.41) is 13.0. The molecule has 0 spiro atoms. The van der Waals surface area contributed by atoms with Gasteiger partial charge in [-0.2, -0.15) is 0 Å². The van der Waals surface area contributed by atoms with Crippen LogP contribution in [0.25, 0.3) is 0 Å². The van der Waals surface area contributed by atoms with Crippen molar-refractivity contribution >= 4 is 0 Å². The molecule has 0 amide bonds. The molecule has 0 bridgehead atoms. The van der Waals surface area contributed by atoms with Crippen LogP contribution in [-0.4, -0.2) is 63.4 Å². The molecule has 2 N–H and O–H groups in total. The Morgan fingerprint density at radius 3 is 3.00 bits per heavy atom. The summed E-state index contributed by atoms with van der Waals surface area (Å²) < 4.78 is 15.9. The number of nitrogens with one attached hydrogen (secondary N) is 1. The van der Waals surface area contributed by atoms with Gasteiger partial charge in [-0.15, -0.1) is 0 Å². The average molecular weight is 261 g/mol. The van der Waals surface area contributed by atoms with Crippen LogP contribution < -0.4 is 5.32 Å². The third-order valence-electron chi connectivity index (χ3n) is 3.09. The summed E-state index contributed by atoms with van der Waals surface area (Å²) in [5.41, 5.74) is 0. The molecule has 3 atom stereocenters. The minimum Gasteiger partial charge on any atom is -0.389 e. The Labute approximate surface area is 110 Å². The van der Waals surface area contributed by atoms with Crippen LogP contribution in [0.1, 0.15) is 26.2 Å². The highest BCUT2D eigenvalue weighted by atomic mass is 16.5. The fourth-order valence-electron chi connectivity index (χ4n) is 1.90. The molecule has 108 valence electrons. The topological polar surface area (TPSA) is 60.0 Å². The molecule has 0 radical (unpaired) electrons. The maximum atomic E-state index is 9.74. The van der Waals surface area contributed by atoms with Crippen LogP contribution in [-0.2, 0) is 14.2 Å². The second kappa shape index (κ2) is 9.69. The van der Waals surface area contributed by atoms with Gasteiger partial charge in [-0.3, -0.25) is 0 Å². The van der Waals surface area contributed by atoms with Crippen LogP contribution in [0.4, 0.5) is 0 Å². The highest BCUT2D eigenvalue weighted by Crippen LogP contribution is 2.11. The molecule has 1 aliphatic heterocycles. The summed E-state index contributed by atoms with van der Waals surface area (Å²) in [6.07, 6.45) is 2.90. The van der Waals surface area contributed by atoms with Crippen LogP contribution >= 0.6 is 0 Å². The van der Waals surface area contributed by atoms with Crippen molar-refractivity contribution in [1.29, 1.82) is 0 Å². The maximum Gasteiger partial charge on any atom is 0.0897 e. The number of rotatable bonds is 10. The van der Waals surface area contributed by atoms with E-state index < -0.39 is 6.10 Å². The summed E-state index contributed by atoms with van der Waals surface area (Å²) in [6, 6.07) is 0.345. The van der Waals surface area contributed by atoms with Gasteiger partial charge in [-0.1, -0.05) is 0 Å². The van der Waals surface area contributed by atoms with Gasteiger partial charge in [-0.05, 0) is 26.2 Å². The van der Waals surface area contributed by atoms with E-state index in [0.29, 0.717) is 25.8 Å². The first-order valence-corrected chi connectivity index (χ1v) is 6.82. The Bertz CT molecular complexity index is 197. The van der Waals surface area contributed by atoms with Crippen LogP contribution in [0, 0.1) is 0 Å². The lowest BCUT2D eigenvalue weighted by atomic mass is 10.2. The molecule has 1 rings (SSSR count). The molecule has 0 aromatic heterocycles. The van der Waals surface area contributed by atoms with E-state index in [1.165, 1.54) is 0 Å². The highest BCUT2D eigenvalue weighted by molar-refractivity contribution is 4.67. The van der Waals surface area contributed by atoms with Crippen molar-refractivity contribution < 1.29 is 19.3 Å². The van der Waals surface area contributed by atoms with Crippen molar-refractivity contribution in [2.45, 2.75) is 44.4 Å². The molecule has 0 aromatic carbocycles. The lowest BCUT2D eigenvalue weighted by Crippen LogP contribution is -2.36. The van der Waals surface area contributed by atoms with E-state index in [4.69, 9.17) is 14.2 Å². The van der Waals surface area contributed by atoms with Gasteiger partial charge in [0.15, 0.2) is 0 Å². The molecular weight excluding hydrogens is 234 g/mol. The third-order valence-corrected chi connectivity index (χ3v) is 3.09. The molecule has 5 nitrogen and oxygen atoms in total. The Morgan fingerprint density at radius 2 is 2.33 bits per heavy atom. The van der Waals surface area contributed by atoms with Crippen molar-refractivity contribution in [3.63, 3.8) is 0 Å². The van der Waals surface area contributed by atoms with Gasteiger partial charge in [0.25, 0.3) is 0 Å². The van der Waals surface area contributed by atoms with E-state index in [9.17, 15) is 5.11 Å². The van der Waals surface area contributed by atoms with Gasteiger partial charge in [0.1, 0.15) is 0 Å². The zero-order valence-corrected chi connectivity index (χ0v) is 11.6. The van der Waals surface area contributed by atoms with Gasteiger partial charge < -0.3 is 24.6 Å². The first kappa shape index (κ1) is 15.9. The molecular formula is C13H27NO4. The van der Waals surface area contributed by atoms with Crippen molar-refractivity contribution in [1.82, 2.24) is 5.32 Å². The SMILES string of the molecule is COCCC(C)NCC(O)COCC1CCCO1. The predicted molar refractivity (Wildman–Crippen MR) is 69.8 cm³/mol. The van der Waals surface area contributed by atoms with Gasteiger partial charge in [0.05, 0.1) is 25.4 Å². The van der Waals surface area contributed by atoms with Crippen molar-refractivity contribution in [3.05, 3.63) is 0 Å². The second-order valence-corrected chi connectivity index (χ2v) is 4.92. The number of aliphatic hydroxyl groups excluding tert-OH is 1. The van der Waals surface area contributed by atoms with Gasteiger partial charge >= 0.3 is 0 Å². The van der Waals surface area contributed by atoms with Crippen molar-refractivity contribution in [2.24, 2.45) is 0 Å². The first-order chi connectivity index (χ1) is 8.72. The molecule has 1 aliphatic rings. The van der Waals surface area contributed by atoms with E-state index in [1.807, 2.05) is 0 Å². The summed E-state index contributed by atoms with van der Waals surface area (Å²) in [7, 11) is 1.69. The predicted octanol–water partition coefficient (Wildman–Crippen LogP) is 0.558. The number of hydrogen-bond acceptors (Lipinski definition) is 5. The fraction of sp³-hybridized carbons (Fsp3) is 1.00. The molecule has 0 aromatic rings. The standard InChI is InChI=1S/C13H27NO4/c1-11(5-7-16-2)14-8-12(15)9-17-10-13-4-3-6-18-13/h11-15H,3-10H2,1-2H3. The maximum absolute atomic E-state index is 9.74. The van der Waals surface area contributed by atoms with E-state index in [1.54, 1.807) is 7.11 Å². The van der Waals surface area contributed by atoms with Gasteiger partial charge in [-0.25, -0.2) is 0 Å². The molecule has 0 aliphatic carbocycles. The second-order valence-electron chi connectivity index (χ2n) is 4.92. The zero-order chi connectivity index (χ0) is 13.2. The van der Waals surface area contributed by atoms with Crippen molar-refractivity contribution in [2.75, 3.05) is 40.1 Å². The smallest absolute Gasteiger partial charge is 0.0897 e. The van der Waals surface area contributed by atoms with Crippen LogP contribution in [0.5, 0.6) is 0 Å². The molecule has 1 saturated heterocycles. The first-order valence-electron chi connectivity index (χ1n) is 6.82. The Kier molecular flexibility index (Phi) is 8.54. The highest BCUT2D eigenvalue weighted by Gasteiger charge is 2.16. The van der Waals surface area contributed by atoms with E-state index in [2.05, 4.69) is 12.2 Å². The van der Waals surface area contributed by atoms with E-state index in [-0.39, 0.29) is 6.10 Å². The fourth-order valence-corrected chi connectivity index (χ4v) is 1.90. The lowest BCUT2D eigenvalue weighted by molar-refractivity contribution is -0.0170. The quantitative estimate of drug-likeness (QED) is 0.602. The number of methoxy groups -OCH3 is 1. The average Bonchev–Trinajstić information content (AvgIpc) is 2.87. The molecule has 3 unspecified atom stereocenters. The van der Waals surface area contributed by atoms with E-state index in [0.717, 1.165) is 32.5 Å². The third kappa shape index (κ3) is 7.28. The number of aliphatic hydroxyl groups is 1. The lowest BCUT2D eigenvalue weighted by Gasteiger charge is -2.17. The summed E-state index contributed by atoms with van der Waals surface area (Å²) in [4.78, 5) is 0. The Balaban J connectivity index is 1.94. The molecule has 1 heterocycles. The van der Waals surface area contributed by atoms with Crippen molar-refractivity contribution in [3.8, 4) is 0 Å². The number of hydrogen-bond donors (Lipinski definition) is 2. The van der Waals surface area contributed by atoms with Crippen LogP contribution in [0.3, 0.4) is 0 Å². The minimum absolute atomic E-state index is 0.228. The normalized spacial score (nSPS) is 23.2. The number of ether oxygens (including phenoxy) is 3.